The van der Waals surface area contributed by atoms with Crippen molar-refractivity contribution in [2.24, 2.45) is 4.99 Å². The molecule has 0 bridgehead atoms. The molecule has 0 fully saturated rings. The highest BCUT2D eigenvalue weighted by atomic mass is 127. The van der Waals surface area contributed by atoms with E-state index in [1.165, 1.54) is 23.0 Å². The first-order chi connectivity index (χ1) is 19.4. The van der Waals surface area contributed by atoms with E-state index in [1.807, 2.05) is 36.4 Å². The SMILES string of the molecule is C=CCOc1c(I)cc(/C=c2\sc3n(c2=O)C(c2cccc([N+](=O)[O-])c2)C2=C(N=3)c3ccccc3CC2)cc1I. The van der Waals surface area contributed by atoms with Crippen molar-refractivity contribution < 1.29 is 9.66 Å². The average molecular weight is 773 g/mol. The van der Waals surface area contributed by atoms with E-state index in [2.05, 4.69) is 63.9 Å². The largest absolute Gasteiger partial charge is 0.487 e. The lowest BCUT2D eigenvalue weighted by Gasteiger charge is -2.30. The minimum atomic E-state index is -0.475. The second-order valence-electron chi connectivity index (χ2n) is 9.38. The lowest BCUT2D eigenvalue weighted by Crippen LogP contribution is -2.38. The lowest BCUT2D eigenvalue weighted by atomic mass is 9.83. The van der Waals surface area contributed by atoms with Crippen LogP contribution in [-0.4, -0.2) is 16.1 Å². The van der Waals surface area contributed by atoms with Crippen molar-refractivity contribution in [1.82, 2.24) is 4.57 Å². The van der Waals surface area contributed by atoms with Crippen LogP contribution in [0.15, 0.2) is 88.7 Å². The summed E-state index contributed by atoms with van der Waals surface area (Å²) in [6.45, 7) is 4.13. The van der Waals surface area contributed by atoms with Crippen molar-refractivity contribution in [3.05, 3.63) is 138 Å². The van der Waals surface area contributed by atoms with Gasteiger partial charge in [-0.15, -0.1) is 0 Å². The summed E-state index contributed by atoms with van der Waals surface area (Å²) in [6.07, 6.45) is 5.12. The van der Waals surface area contributed by atoms with Gasteiger partial charge in [0.15, 0.2) is 4.80 Å². The van der Waals surface area contributed by atoms with E-state index in [4.69, 9.17) is 9.73 Å². The number of benzene rings is 3. The number of nitro groups is 1. The number of aryl methyl sites for hydroxylation is 1. The van der Waals surface area contributed by atoms with Crippen LogP contribution in [0.2, 0.25) is 0 Å². The molecular weight excluding hydrogens is 752 g/mol. The van der Waals surface area contributed by atoms with Crippen LogP contribution in [0.25, 0.3) is 11.8 Å². The van der Waals surface area contributed by atoms with E-state index >= 15 is 0 Å². The van der Waals surface area contributed by atoms with Crippen LogP contribution in [-0.2, 0) is 6.42 Å². The van der Waals surface area contributed by atoms with Gasteiger partial charge in [0.05, 0.1) is 28.3 Å². The molecule has 0 spiro atoms. The highest BCUT2D eigenvalue weighted by Crippen LogP contribution is 2.41. The van der Waals surface area contributed by atoms with E-state index in [0.29, 0.717) is 27.9 Å². The van der Waals surface area contributed by atoms with Crippen molar-refractivity contribution in [2.75, 3.05) is 6.61 Å². The lowest BCUT2D eigenvalue weighted by molar-refractivity contribution is -0.384. The van der Waals surface area contributed by atoms with Gasteiger partial charge in [-0.1, -0.05) is 60.4 Å². The van der Waals surface area contributed by atoms with E-state index in [-0.39, 0.29) is 11.2 Å². The van der Waals surface area contributed by atoms with Gasteiger partial charge in [0.1, 0.15) is 12.4 Å². The van der Waals surface area contributed by atoms with E-state index < -0.39 is 11.0 Å². The first-order valence-electron chi connectivity index (χ1n) is 12.5. The number of aromatic nitrogens is 1. The molecule has 10 heteroatoms. The molecule has 0 N–H and O–H groups in total. The van der Waals surface area contributed by atoms with E-state index in [9.17, 15) is 14.9 Å². The molecule has 1 aliphatic carbocycles. The van der Waals surface area contributed by atoms with Crippen molar-refractivity contribution in [3.63, 3.8) is 0 Å². The molecule has 2 aliphatic rings. The van der Waals surface area contributed by atoms with Gasteiger partial charge in [0.2, 0.25) is 0 Å². The summed E-state index contributed by atoms with van der Waals surface area (Å²) in [6, 6.07) is 18.3. The zero-order valence-corrected chi connectivity index (χ0v) is 26.1. The van der Waals surface area contributed by atoms with E-state index in [1.54, 1.807) is 22.8 Å². The Morgan fingerprint density at radius 1 is 1.12 bits per heavy atom. The summed E-state index contributed by atoms with van der Waals surface area (Å²) >= 11 is 5.81. The summed E-state index contributed by atoms with van der Waals surface area (Å²) in [4.78, 5) is 30.8. The third-order valence-corrected chi connectivity index (χ3v) is 9.52. The predicted molar refractivity (Wildman–Crippen MR) is 173 cm³/mol. The average Bonchev–Trinajstić information content (AvgIpc) is 3.25. The van der Waals surface area contributed by atoms with Gasteiger partial charge < -0.3 is 4.74 Å². The van der Waals surface area contributed by atoms with Crippen LogP contribution >= 0.6 is 56.5 Å². The molecule has 4 aromatic rings. The van der Waals surface area contributed by atoms with Crippen molar-refractivity contribution in [2.45, 2.75) is 18.9 Å². The summed E-state index contributed by atoms with van der Waals surface area (Å²) < 4.78 is 9.94. The summed E-state index contributed by atoms with van der Waals surface area (Å²) in [5, 5.41) is 11.6. The molecule has 0 radical (unpaired) electrons. The second-order valence-corrected chi connectivity index (χ2v) is 12.7. The molecule has 1 atom stereocenters. The minimum Gasteiger partial charge on any atom is -0.487 e. The van der Waals surface area contributed by atoms with Crippen LogP contribution in [0, 0.1) is 17.3 Å². The molecule has 40 heavy (non-hydrogen) atoms. The van der Waals surface area contributed by atoms with Gasteiger partial charge in [0.25, 0.3) is 11.2 Å². The number of fused-ring (bicyclic) bond motifs is 3. The van der Waals surface area contributed by atoms with Gasteiger partial charge >= 0.3 is 0 Å². The molecule has 1 aliphatic heterocycles. The molecule has 1 aromatic heterocycles. The number of hydrogen-bond donors (Lipinski definition) is 0. The Labute approximate surface area is 260 Å². The third-order valence-electron chi connectivity index (χ3n) is 6.93. The van der Waals surface area contributed by atoms with Crippen molar-refractivity contribution in [1.29, 1.82) is 0 Å². The molecule has 7 nitrogen and oxygen atoms in total. The number of nitrogens with zero attached hydrogens (tertiary/aromatic N) is 3. The number of non-ortho nitro benzene ring substituents is 1. The van der Waals surface area contributed by atoms with Crippen LogP contribution in [0.3, 0.4) is 0 Å². The number of allylic oxidation sites excluding steroid dienone is 1. The molecule has 3 aromatic carbocycles. The monoisotopic (exact) mass is 773 g/mol. The van der Waals surface area contributed by atoms with Crippen molar-refractivity contribution in [3.8, 4) is 5.75 Å². The summed E-state index contributed by atoms with van der Waals surface area (Å²) in [7, 11) is 0. The number of halogens is 2. The van der Waals surface area contributed by atoms with Crippen molar-refractivity contribution >= 4 is 74.0 Å². The number of ether oxygens (including phenoxy) is 1. The Bertz CT molecular complexity index is 1900. The minimum absolute atomic E-state index is 0.00194. The molecule has 0 saturated heterocycles. The molecule has 200 valence electrons. The number of rotatable bonds is 6. The van der Waals surface area contributed by atoms with Gasteiger partial charge in [-0.2, -0.15) is 0 Å². The van der Waals surface area contributed by atoms with Crippen LogP contribution in [0.4, 0.5) is 5.69 Å². The van der Waals surface area contributed by atoms with Gasteiger partial charge in [-0.3, -0.25) is 19.5 Å². The fourth-order valence-electron chi connectivity index (χ4n) is 5.23. The van der Waals surface area contributed by atoms with Gasteiger partial charge in [-0.05, 0) is 98.5 Å². The van der Waals surface area contributed by atoms with Gasteiger partial charge in [-0.25, -0.2) is 4.99 Å². The fourth-order valence-corrected chi connectivity index (χ4v) is 8.35. The standard InChI is InChI=1S/C30H21I2N3O4S/c1-2-12-39-28-23(31)13-17(14-24(28)32)15-25-29(36)34-27(19-7-5-8-20(16-19)35(37)38)22-11-10-18-6-3-4-9-21(18)26(22)33-30(34)40-25/h2-9,13-16,27H,1,10-12H2/b25-15-. The predicted octanol–water partition coefficient (Wildman–Crippen LogP) is 6.00. The summed E-state index contributed by atoms with van der Waals surface area (Å²) in [5.74, 6) is 0.789. The molecule has 0 saturated carbocycles. The second kappa shape index (κ2) is 11.1. The van der Waals surface area contributed by atoms with Gasteiger partial charge in [0, 0.05) is 17.7 Å². The topological polar surface area (TPSA) is 86.7 Å². The summed E-state index contributed by atoms with van der Waals surface area (Å²) in [5.41, 5.74) is 5.55. The maximum Gasteiger partial charge on any atom is 0.271 e. The quantitative estimate of drug-likeness (QED) is 0.104. The zero-order valence-electron chi connectivity index (χ0n) is 21.0. The van der Waals surface area contributed by atoms with E-state index in [0.717, 1.165) is 41.7 Å². The normalized spacial score (nSPS) is 16.1. The molecular formula is C30H21I2N3O4S. The van der Waals surface area contributed by atoms with Crippen LogP contribution in [0.1, 0.15) is 34.7 Å². The maximum atomic E-state index is 14.0. The molecule has 6 rings (SSSR count). The Morgan fingerprint density at radius 3 is 2.65 bits per heavy atom. The molecule has 0 amide bonds. The first kappa shape index (κ1) is 27.1. The number of thiazole rings is 1. The Balaban J connectivity index is 1.56. The first-order valence-corrected chi connectivity index (χ1v) is 15.4. The third kappa shape index (κ3) is 4.85. The molecule has 2 heterocycles. The van der Waals surface area contributed by atoms with Crippen LogP contribution in [0.5, 0.6) is 5.75 Å². The Hall–Kier alpha value is -3.10. The highest BCUT2D eigenvalue weighted by Gasteiger charge is 2.33. The highest BCUT2D eigenvalue weighted by molar-refractivity contribution is 14.1. The smallest absolute Gasteiger partial charge is 0.271 e. The number of nitro benzene ring substituents is 1. The number of hydrogen-bond acceptors (Lipinski definition) is 6. The Kier molecular flexibility index (Phi) is 7.48. The van der Waals surface area contributed by atoms with Crippen LogP contribution < -0.4 is 19.6 Å². The maximum absolute atomic E-state index is 14.0. The fraction of sp³-hybridized carbons (Fsp3) is 0.133. The molecule has 1 unspecified atom stereocenters. The Morgan fingerprint density at radius 2 is 1.90 bits per heavy atom. The zero-order chi connectivity index (χ0) is 28.0.